The van der Waals surface area contributed by atoms with Crippen molar-refractivity contribution in [3.63, 3.8) is 0 Å². The third-order valence-corrected chi connectivity index (χ3v) is 8.21. The van der Waals surface area contributed by atoms with E-state index in [-0.39, 0.29) is 12.6 Å². The molecule has 0 spiro atoms. The molecule has 8 nitrogen and oxygen atoms in total. The van der Waals surface area contributed by atoms with Crippen molar-refractivity contribution < 1.29 is 22.4 Å². The van der Waals surface area contributed by atoms with Gasteiger partial charge >= 0.3 is 11.8 Å². The molecular formula is C24H33N3O5S. The zero-order valence-corrected chi connectivity index (χ0v) is 20.3. The highest BCUT2D eigenvalue weighted by Gasteiger charge is 2.35. The molecule has 0 radical (unpaired) electrons. The Kier molecular flexibility index (Phi) is 8.31. The van der Waals surface area contributed by atoms with Gasteiger partial charge in [0.25, 0.3) is 0 Å². The molecule has 1 aromatic heterocycles. The molecule has 1 atom stereocenters. The number of piperidine rings is 1. The SMILES string of the molecule is Cc1cc(C)c(S(=O)(=O)N2CCCC[C@@H]2CCNC(=O)C(=O)NCCc2ccco2)c(C)c1. The molecule has 9 heteroatoms. The first-order valence-electron chi connectivity index (χ1n) is 11.4. The summed E-state index contributed by atoms with van der Waals surface area (Å²) in [6.45, 7) is 6.60. The monoisotopic (exact) mass is 475 g/mol. The largest absolute Gasteiger partial charge is 0.469 e. The van der Waals surface area contributed by atoms with Crippen molar-refractivity contribution in [2.75, 3.05) is 19.6 Å². The molecule has 180 valence electrons. The smallest absolute Gasteiger partial charge is 0.309 e. The predicted octanol–water partition coefficient (Wildman–Crippen LogP) is 2.61. The number of benzene rings is 1. The van der Waals surface area contributed by atoms with Crippen molar-refractivity contribution >= 4 is 21.8 Å². The van der Waals surface area contributed by atoms with Crippen molar-refractivity contribution in [2.24, 2.45) is 0 Å². The number of nitrogens with zero attached hydrogens (tertiary/aromatic N) is 1. The van der Waals surface area contributed by atoms with Crippen molar-refractivity contribution in [3.05, 3.63) is 53.0 Å². The molecule has 1 fully saturated rings. The Morgan fingerprint density at radius 1 is 1.06 bits per heavy atom. The van der Waals surface area contributed by atoms with Crippen molar-refractivity contribution in [1.82, 2.24) is 14.9 Å². The summed E-state index contributed by atoms with van der Waals surface area (Å²) >= 11 is 0. The lowest BCUT2D eigenvalue weighted by Gasteiger charge is -2.35. The molecule has 0 aliphatic carbocycles. The summed E-state index contributed by atoms with van der Waals surface area (Å²) in [5, 5.41) is 5.18. The normalized spacial score (nSPS) is 17.0. The van der Waals surface area contributed by atoms with E-state index in [4.69, 9.17) is 4.42 Å². The van der Waals surface area contributed by atoms with Crippen LogP contribution >= 0.6 is 0 Å². The number of rotatable bonds is 8. The van der Waals surface area contributed by atoms with Gasteiger partial charge in [-0.3, -0.25) is 9.59 Å². The van der Waals surface area contributed by atoms with E-state index < -0.39 is 21.8 Å². The van der Waals surface area contributed by atoms with Crippen LogP contribution in [0.2, 0.25) is 0 Å². The van der Waals surface area contributed by atoms with Gasteiger partial charge in [0.05, 0.1) is 11.2 Å². The van der Waals surface area contributed by atoms with Crippen LogP contribution in [0.1, 0.15) is 48.1 Å². The summed E-state index contributed by atoms with van der Waals surface area (Å²) in [7, 11) is -3.66. The van der Waals surface area contributed by atoms with Crippen LogP contribution in [-0.4, -0.2) is 50.2 Å². The van der Waals surface area contributed by atoms with E-state index in [9.17, 15) is 18.0 Å². The number of hydrogen-bond acceptors (Lipinski definition) is 5. The molecule has 0 saturated carbocycles. The van der Waals surface area contributed by atoms with E-state index in [1.165, 1.54) is 0 Å². The zero-order valence-electron chi connectivity index (χ0n) is 19.5. The summed E-state index contributed by atoms with van der Waals surface area (Å²) in [5.41, 5.74) is 2.52. The maximum atomic E-state index is 13.5. The van der Waals surface area contributed by atoms with Crippen LogP contribution in [0.15, 0.2) is 39.8 Å². The van der Waals surface area contributed by atoms with E-state index in [2.05, 4.69) is 10.6 Å². The van der Waals surface area contributed by atoms with E-state index in [0.717, 1.165) is 41.7 Å². The maximum Gasteiger partial charge on any atom is 0.309 e. The molecule has 0 bridgehead atoms. The fourth-order valence-electron chi connectivity index (χ4n) is 4.54. The highest BCUT2D eigenvalue weighted by molar-refractivity contribution is 7.89. The van der Waals surface area contributed by atoms with Crippen molar-refractivity contribution in [2.45, 2.75) is 63.8 Å². The van der Waals surface area contributed by atoms with Crippen LogP contribution in [0.5, 0.6) is 0 Å². The van der Waals surface area contributed by atoms with Gasteiger partial charge < -0.3 is 15.1 Å². The quantitative estimate of drug-likeness (QED) is 0.571. The number of carbonyl (C=O) groups is 2. The van der Waals surface area contributed by atoms with Crippen LogP contribution in [0.4, 0.5) is 0 Å². The van der Waals surface area contributed by atoms with Gasteiger partial charge in [-0.05, 0) is 63.3 Å². The van der Waals surface area contributed by atoms with Gasteiger partial charge in [-0.1, -0.05) is 24.1 Å². The Labute approximate surface area is 195 Å². The van der Waals surface area contributed by atoms with E-state index in [1.54, 1.807) is 22.7 Å². The molecule has 2 amide bonds. The van der Waals surface area contributed by atoms with Gasteiger partial charge in [0.1, 0.15) is 5.76 Å². The van der Waals surface area contributed by atoms with Crippen LogP contribution in [0.3, 0.4) is 0 Å². The second-order valence-electron chi connectivity index (χ2n) is 8.62. The number of amides is 2. The Bertz CT molecular complexity index is 1060. The Morgan fingerprint density at radius 2 is 1.73 bits per heavy atom. The molecule has 33 heavy (non-hydrogen) atoms. The van der Waals surface area contributed by atoms with Gasteiger partial charge in [0.15, 0.2) is 0 Å². The Hall–Kier alpha value is -2.65. The number of hydrogen-bond donors (Lipinski definition) is 2. The van der Waals surface area contributed by atoms with E-state index >= 15 is 0 Å². The average Bonchev–Trinajstić information content (AvgIpc) is 3.26. The first-order valence-corrected chi connectivity index (χ1v) is 12.8. The molecule has 0 unspecified atom stereocenters. The second-order valence-corrected chi connectivity index (χ2v) is 10.5. The number of aryl methyl sites for hydroxylation is 3. The van der Waals surface area contributed by atoms with E-state index in [0.29, 0.717) is 30.8 Å². The topological polar surface area (TPSA) is 109 Å². The summed E-state index contributed by atoms with van der Waals surface area (Å²) in [6.07, 6.45) is 4.98. The van der Waals surface area contributed by atoms with Crippen LogP contribution < -0.4 is 10.6 Å². The molecule has 1 aliphatic heterocycles. The van der Waals surface area contributed by atoms with E-state index in [1.807, 2.05) is 32.9 Å². The van der Waals surface area contributed by atoms with Crippen molar-refractivity contribution in [1.29, 1.82) is 0 Å². The summed E-state index contributed by atoms with van der Waals surface area (Å²) in [5.74, 6) is -0.696. The van der Waals surface area contributed by atoms with Crippen LogP contribution in [-0.2, 0) is 26.0 Å². The molecule has 1 saturated heterocycles. The fourth-order valence-corrected chi connectivity index (χ4v) is 6.68. The molecule has 1 aliphatic rings. The average molecular weight is 476 g/mol. The Morgan fingerprint density at radius 3 is 2.36 bits per heavy atom. The molecule has 2 N–H and O–H groups in total. The maximum absolute atomic E-state index is 13.5. The summed E-state index contributed by atoms with van der Waals surface area (Å²) < 4.78 is 33.8. The fraction of sp³-hybridized carbons (Fsp3) is 0.500. The molecule has 2 aromatic rings. The molecular weight excluding hydrogens is 442 g/mol. The molecule has 1 aromatic carbocycles. The van der Waals surface area contributed by atoms with Gasteiger partial charge in [-0.25, -0.2) is 8.42 Å². The number of furan rings is 1. The minimum Gasteiger partial charge on any atom is -0.469 e. The first kappa shape index (κ1) is 25.0. The third-order valence-electron chi connectivity index (χ3n) is 5.95. The minimum absolute atomic E-state index is 0.217. The zero-order chi connectivity index (χ0) is 24.0. The van der Waals surface area contributed by atoms with Gasteiger partial charge in [-0.15, -0.1) is 0 Å². The first-order chi connectivity index (χ1) is 15.7. The second kappa shape index (κ2) is 11.0. The van der Waals surface area contributed by atoms with Crippen LogP contribution in [0, 0.1) is 20.8 Å². The predicted molar refractivity (Wildman–Crippen MR) is 125 cm³/mol. The third kappa shape index (κ3) is 6.23. The lowest BCUT2D eigenvalue weighted by atomic mass is 10.0. The highest BCUT2D eigenvalue weighted by atomic mass is 32.2. The lowest BCUT2D eigenvalue weighted by Crippen LogP contribution is -2.46. The van der Waals surface area contributed by atoms with Crippen LogP contribution in [0.25, 0.3) is 0 Å². The Balaban J connectivity index is 1.56. The minimum atomic E-state index is -3.66. The van der Waals surface area contributed by atoms with Gasteiger partial charge in [0, 0.05) is 32.1 Å². The standard InChI is InChI=1S/C24H33N3O5S/c1-17-15-18(2)22(19(3)16-17)33(30,31)27-13-5-4-7-20(27)9-11-25-23(28)24(29)26-12-10-21-8-6-14-32-21/h6,8,14-16,20H,4-5,7,9-13H2,1-3H3,(H,25,28)(H,26,29)/t20-/m1/s1. The number of carbonyl (C=O) groups excluding carboxylic acids is 2. The van der Waals surface area contributed by atoms with Crippen molar-refractivity contribution in [3.8, 4) is 0 Å². The van der Waals surface area contributed by atoms with Gasteiger partial charge in [-0.2, -0.15) is 4.31 Å². The molecule has 3 rings (SSSR count). The molecule has 2 heterocycles. The number of sulfonamides is 1. The lowest BCUT2D eigenvalue weighted by molar-refractivity contribution is -0.139. The highest BCUT2D eigenvalue weighted by Crippen LogP contribution is 2.31. The summed E-state index contributed by atoms with van der Waals surface area (Å²) in [4.78, 5) is 24.5. The summed E-state index contributed by atoms with van der Waals surface area (Å²) in [6, 6.07) is 7.13. The van der Waals surface area contributed by atoms with Gasteiger partial charge in [0.2, 0.25) is 10.0 Å². The number of nitrogens with one attached hydrogen (secondary N) is 2.